The van der Waals surface area contributed by atoms with Crippen LogP contribution in [-0.4, -0.2) is 19.1 Å². The summed E-state index contributed by atoms with van der Waals surface area (Å²) in [4.78, 5) is 11.9. The van der Waals surface area contributed by atoms with E-state index in [9.17, 15) is 18.0 Å². The van der Waals surface area contributed by atoms with E-state index in [0.29, 0.717) is 5.56 Å². The van der Waals surface area contributed by atoms with Crippen molar-refractivity contribution in [1.82, 2.24) is 5.32 Å². The number of halogens is 3. The molecule has 3 nitrogen and oxygen atoms in total. The molecule has 1 aliphatic carbocycles. The Morgan fingerprint density at radius 2 is 2.05 bits per heavy atom. The van der Waals surface area contributed by atoms with Gasteiger partial charge in [-0.05, 0) is 43.4 Å². The number of amides is 1. The van der Waals surface area contributed by atoms with Gasteiger partial charge in [-0.15, -0.1) is 0 Å². The van der Waals surface area contributed by atoms with Crippen LogP contribution < -0.4 is 5.32 Å². The molecule has 0 aromatic heterocycles. The van der Waals surface area contributed by atoms with Gasteiger partial charge in [0.15, 0.2) is 0 Å². The van der Waals surface area contributed by atoms with E-state index in [1.54, 1.807) is 13.0 Å². The van der Waals surface area contributed by atoms with Crippen LogP contribution in [0.15, 0.2) is 24.3 Å². The van der Waals surface area contributed by atoms with Crippen LogP contribution in [0.5, 0.6) is 0 Å². The average molecular weight is 301 g/mol. The molecule has 1 aromatic rings. The topological polar surface area (TPSA) is 38.3 Å². The fourth-order valence-electron chi connectivity index (χ4n) is 2.19. The summed E-state index contributed by atoms with van der Waals surface area (Å²) in [5.74, 6) is -0.117. The number of carbonyl (C=O) groups excluding carboxylic acids is 1. The van der Waals surface area contributed by atoms with E-state index in [2.05, 4.69) is 5.32 Å². The fourth-order valence-corrected chi connectivity index (χ4v) is 2.19. The van der Waals surface area contributed by atoms with Crippen LogP contribution in [0.25, 0.3) is 0 Å². The Hall–Kier alpha value is -1.56. The zero-order valence-electron chi connectivity index (χ0n) is 11.9. The molecule has 0 heterocycles. The van der Waals surface area contributed by atoms with Gasteiger partial charge < -0.3 is 10.1 Å². The molecule has 0 bridgehead atoms. The summed E-state index contributed by atoms with van der Waals surface area (Å²) in [7, 11) is 1.42. The van der Waals surface area contributed by atoms with Crippen molar-refractivity contribution in [2.45, 2.75) is 38.1 Å². The zero-order chi connectivity index (χ0) is 15.6. The standard InChI is InChI=1S/C15H18F3NO2/c1-9(21-2)14(20)19-13(10-6-7-10)11-4-3-5-12(8-11)15(16,17)18/h3-5,8-10,13H,6-7H2,1-2H3,(H,19,20)/t9?,13-/m1/s1. The maximum atomic E-state index is 12.8. The van der Waals surface area contributed by atoms with Gasteiger partial charge in [-0.1, -0.05) is 12.1 Å². The van der Waals surface area contributed by atoms with Crippen LogP contribution >= 0.6 is 0 Å². The Morgan fingerprint density at radius 1 is 1.38 bits per heavy atom. The molecule has 1 aromatic carbocycles. The molecular formula is C15H18F3NO2. The molecule has 2 rings (SSSR count). The molecule has 0 radical (unpaired) electrons. The number of hydrogen-bond acceptors (Lipinski definition) is 2. The first-order chi connectivity index (χ1) is 9.82. The molecular weight excluding hydrogens is 283 g/mol. The third-order valence-corrected chi connectivity index (χ3v) is 3.69. The molecule has 1 aliphatic rings. The number of alkyl halides is 3. The van der Waals surface area contributed by atoms with Crippen molar-refractivity contribution in [3.05, 3.63) is 35.4 Å². The smallest absolute Gasteiger partial charge is 0.372 e. The maximum Gasteiger partial charge on any atom is 0.416 e. The first-order valence-corrected chi connectivity index (χ1v) is 6.83. The predicted octanol–water partition coefficient (Wildman–Crippen LogP) is 3.31. The number of nitrogens with one attached hydrogen (secondary N) is 1. The SMILES string of the molecule is COC(C)C(=O)N[C@@H](c1cccc(C(F)(F)F)c1)C1CC1. The summed E-state index contributed by atoms with van der Waals surface area (Å²) in [6, 6.07) is 4.75. The molecule has 1 saturated carbocycles. The van der Waals surface area contributed by atoms with E-state index >= 15 is 0 Å². The van der Waals surface area contributed by atoms with Crippen molar-refractivity contribution < 1.29 is 22.7 Å². The number of methoxy groups -OCH3 is 1. The van der Waals surface area contributed by atoms with E-state index in [0.717, 1.165) is 25.0 Å². The molecule has 6 heteroatoms. The largest absolute Gasteiger partial charge is 0.416 e. The minimum atomic E-state index is -4.38. The second kappa shape index (κ2) is 6.05. The summed E-state index contributed by atoms with van der Waals surface area (Å²) in [5.41, 5.74) is -0.205. The third kappa shape index (κ3) is 3.97. The zero-order valence-corrected chi connectivity index (χ0v) is 11.9. The molecule has 21 heavy (non-hydrogen) atoms. The van der Waals surface area contributed by atoms with Crippen molar-refractivity contribution in [2.24, 2.45) is 5.92 Å². The lowest BCUT2D eigenvalue weighted by molar-refractivity contribution is -0.137. The van der Waals surface area contributed by atoms with Gasteiger partial charge in [0.25, 0.3) is 0 Å². The number of rotatable bonds is 5. The van der Waals surface area contributed by atoms with E-state index in [1.807, 2.05) is 0 Å². The van der Waals surface area contributed by atoms with Gasteiger partial charge >= 0.3 is 6.18 Å². The highest BCUT2D eigenvalue weighted by Gasteiger charge is 2.36. The molecule has 1 fully saturated rings. The van der Waals surface area contributed by atoms with Crippen LogP contribution in [0.4, 0.5) is 13.2 Å². The first-order valence-electron chi connectivity index (χ1n) is 6.83. The van der Waals surface area contributed by atoms with Gasteiger partial charge in [0.1, 0.15) is 6.10 Å². The summed E-state index contributed by atoms with van der Waals surface area (Å²) in [6.45, 7) is 1.60. The normalized spacial score (nSPS) is 18.1. The molecule has 1 amide bonds. The summed E-state index contributed by atoms with van der Waals surface area (Å²) in [6.07, 6.45) is -3.20. The van der Waals surface area contributed by atoms with E-state index < -0.39 is 23.9 Å². The molecule has 2 atom stereocenters. The molecule has 0 aliphatic heterocycles. The third-order valence-electron chi connectivity index (χ3n) is 3.69. The lowest BCUT2D eigenvalue weighted by atomic mass is 9.99. The Balaban J connectivity index is 2.21. The van der Waals surface area contributed by atoms with Crippen LogP contribution in [0.3, 0.4) is 0 Å². The lowest BCUT2D eigenvalue weighted by Gasteiger charge is -2.21. The fraction of sp³-hybridized carbons (Fsp3) is 0.533. The predicted molar refractivity (Wildman–Crippen MR) is 71.5 cm³/mol. The second-order valence-corrected chi connectivity index (χ2v) is 5.32. The highest BCUT2D eigenvalue weighted by Crippen LogP contribution is 2.42. The van der Waals surface area contributed by atoms with Crippen LogP contribution in [0.1, 0.15) is 36.9 Å². The molecule has 116 valence electrons. The minimum Gasteiger partial charge on any atom is -0.372 e. The van der Waals surface area contributed by atoms with Gasteiger partial charge in [-0.3, -0.25) is 4.79 Å². The van der Waals surface area contributed by atoms with Crippen LogP contribution in [-0.2, 0) is 15.7 Å². The Labute approximate surface area is 121 Å². The van der Waals surface area contributed by atoms with Crippen LogP contribution in [0, 0.1) is 5.92 Å². The monoisotopic (exact) mass is 301 g/mol. The van der Waals surface area contributed by atoms with Gasteiger partial charge in [-0.2, -0.15) is 13.2 Å². The molecule has 0 saturated heterocycles. The van der Waals surface area contributed by atoms with E-state index in [4.69, 9.17) is 4.74 Å². The van der Waals surface area contributed by atoms with Crippen molar-refractivity contribution in [3.63, 3.8) is 0 Å². The summed E-state index contributed by atoms with van der Waals surface area (Å²) >= 11 is 0. The number of benzene rings is 1. The van der Waals surface area contributed by atoms with E-state index in [-0.39, 0.29) is 11.8 Å². The summed E-state index contributed by atoms with van der Waals surface area (Å²) < 4.78 is 43.3. The van der Waals surface area contributed by atoms with Crippen molar-refractivity contribution in [1.29, 1.82) is 0 Å². The van der Waals surface area contributed by atoms with Gasteiger partial charge in [0, 0.05) is 7.11 Å². The van der Waals surface area contributed by atoms with Gasteiger partial charge in [0.2, 0.25) is 5.91 Å². The van der Waals surface area contributed by atoms with Crippen molar-refractivity contribution in [2.75, 3.05) is 7.11 Å². The number of carbonyl (C=O) groups is 1. The number of hydrogen-bond donors (Lipinski definition) is 1. The summed E-state index contributed by atoms with van der Waals surface area (Å²) in [5, 5.41) is 2.79. The molecule has 1 unspecified atom stereocenters. The molecule has 1 N–H and O–H groups in total. The molecule has 0 spiro atoms. The second-order valence-electron chi connectivity index (χ2n) is 5.32. The lowest BCUT2D eigenvalue weighted by Crippen LogP contribution is -2.37. The first kappa shape index (κ1) is 15.8. The van der Waals surface area contributed by atoms with Gasteiger partial charge in [-0.25, -0.2) is 0 Å². The Morgan fingerprint density at radius 3 is 2.57 bits per heavy atom. The quantitative estimate of drug-likeness (QED) is 0.906. The Kier molecular flexibility index (Phi) is 4.56. The number of ether oxygens (including phenoxy) is 1. The minimum absolute atomic E-state index is 0.196. The van der Waals surface area contributed by atoms with Crippen molar-refractivity contribution >= 4 is 5.91 Å². The van der Waals surface area contributed by atoms with Crippen molar-refractivity contribution in [3.8, 4) is 0 Å². The van der Waals surface area contributed by atoms with E-state index in [1.165, 1.54) is 13.2 Å². The van der Waals surface area contributed by atoms with Crippen LogP contribution in [0.2, 0.25) is 0 Å². The highest BCUT2D eigenvalue weighted by molar-refractivity contribution is 5.80. The average Bonchev–Trinajstić information content (AvgIpc) is 3.27. The Bertz CT molecular complexity index is 512. The maximum absolute atomic E-state index is 12.8. The highest BCUT2D eigenvalue weighted by atomic mass is 19.4. The van der Waals surface area contributed by atoms with Gasteiger partial charge in [0.05, 0.1) is 11.6 Å².